The fourth-order valence-electron chi connectivity index (χ4n) is 4.37. The third kappa shape index (κ3) is 4.61. The lowest BCUT2D eigenvalue weighted by molar-refractivity contribution is 0.238. The fraction of sp³-hybridized carbons (Fsp3) is 0.500. The van der Waals surface area contributed by atoms with Gasteiger partial charge in [-0.1, -0.05) is 18.2 Å². The Bertz CT molecular complexity index is 769. The number of piperazine rings is 1. The summed E-state index contributed by atoms with van der Waals surface area (Å²) in [4.78, 5) is 5.01. The smallest absolute Gasteiger partial charge is 0.142 e. The molecule has 4 nitrogen and oxygen atoms in total. The highest BCUT2D eigenvalue weighted by Gasteiger charge is 2.19. The summed E-state index contributed by atoms with van der Waals surface area (Å²) in [6, 6.07) is 15.0. The summed E-state index contributed by atoms with van der Waals surface area (Å²) in [7, 11) is 1.75. The number of hydrogen-bond acceptors (Lipinski definition) is 4. The quantitative estimate of drug-likeness (QED) is 0.642. The third-order valence-corrected chi connectivity index (χ3v) is 6.01. The van der Waals surface area contributed by atoms with E-state index in [2.05, 4.69) is 40.1 Å². The second-order valence-corrected chi connectivity index (χ2v) is 7.84. The molecule has 4 heteroatoms. The van der Waals surface area contributed by atoms with Gasteiger partial charge in [-0.15, -0.1) is 0 Å². The molecule has 2 aromatic carbocycles. The monoisotopic (exact) mass is 380 g/mol. The molecular weight excluding hydrogens is 348 g/mol. The van der Waals surface area contributed by atoms with E-state index in [1.165, 1.54) is 42.5 Å². The zero-order chi connectivity index (χ0) is 19.2. The number of para-hydroxylation sites is 2. The van der Waals surface area contributed by atoms with E-state index in [1.807, 2.05) is 12.1 Å². The van der Waals surface area contributed by atoms with Crippen molar-refractivity contribution in [1.82, 2.24) is 4.90 Å². The molecule has 150 valence electrons. The lowest BCUT2D eigenvalue weighted by Crippen LogP contribution is -2.46. The number of benzene rings is 2. The van der Waals surface area contributed by atoms with Gasteiger partial charge >= 0.3 is 0 Å². The molecule has 28 heavy (non-hydrogen) atoms. The van der Waals surface area contributed by atoms with E-state index in [0.717, 1.165) is 57.3 Å². The number of rotatable bonds is 8. The molecule has 1 saturated heterocycles. The van der Waals surface area contributed by atoms with Crippen LogP contribution in [-0.4, -0.2) is 51.3 Å². The van der Waals surface area contributed by atoms with E-state index in [-0.39, 0.29) is 0 Å². The zero-order valence-corrected chi connectivity index (χ0v) is 17.0. The predicted octanol–water partition coefficient (Wildman–Crippen LogP) is 4.17. The Morgan fingerprint density at radius 1 is 0.893 bits per heavy atom. The highest BCUT2D eigenvalue weighted by Crippen LogP contribution is 2.28. The summed E-state index contributed by atoms with van der Waals surface area (Å²) in [6.07, 6.45) is 6.06. The molecule has 1 fully saturated rings. The summed E-state index contributed by atoms with van der Waals surface area (Å²) in [5.74, 6) is 2.02. The van der Waals surface area contributed by atoms with Gasteiger partial charge in [0.25, 0.3) is 0 Å². The number of aryl methyl sites for hydroxylation is 2. The van der Waals surface area contributed by atoms with Crippen LogP contribution in [0.15, 0.2) is 42.5 Å². The molecule has 0 atom stereocenters. The molecule has 0 bridgehead atoms. The number of ether oxygens (including phenoxy) is 2. The van der Waals surface area contributed by atoms with Gasteiger partial charge in [-0.05, 0) is 74.0 Å². The van der Waals surface area contributed by atoms with Crippen molar-refractivity contribution in [1.29, 1.82) is 0 Å². The van der Waals surface area contributed by atoms with Crippen molar-refractivity contribution in [2.45, 2.75) is 32.1 Å². The van der Waals surface area contributed by atoms with Crippen molar-refractivity contribution >= 4 is 5.69 Å². The molecule has 0 spiro atoms. The Kier molecular flexibility index (Phi) is 6.38. The molecule has 0 unspecified atom stereocenters. The van der Waals surface area contributed by atoms with Crippen LogP contribution >= 0.6 is 0 Å². The molecule has 0 N–H and O–H groups in total. The first kappa shape index (κ1) is 19.1. The van der Waals surface area contributed by atoms with Crippen LogP contribution in [0.4, 0.5) is 5.69 Å². The minimum atomic E-state index is 0.819. The Morgan fingerprint density at radius 3 is 2.57 bits per heavy atom. The first-order valence-electron chi connectivity index (χ1n) is 10.7. The molecule has 1 aliphatic carbocycles. The van der Waals surface area contributed by atoms with Gasteiger partial charge in [0.1, 0.15) is 11.5 Å². The Morgan fingerprint density at radius 2 is 1.71 bits per heavy atom. The van der Waals surface area contributed by atoms with Crippen molar-refractivity contribution in [3.63, 3.8) is 0 Å². The summed E-state index contributed by atoms with van der Waals surface area (Å²) >= 11 is 0. The summed E-state index contributed by atoms with van der Waals surface area (Å²) in [5, 5.41) is 0. The van der Waals surface area contributed by atoms with Gasteiger partial charge in [0.2, 0.25) is 0 Å². The zero-order valence-electron chi connectivity index (χ0n) is 17.0. The van der Waals surface area contributed by atoms with E-state index < -0.39 is 0 Å². The molecular formula is C24H32N2O2. The first-order valence-corrected chi connectivity index (χ1v) is 10.7. The summed E-state index contributed by atoms with van der Waals surface area (Å²) < 4.78 is 11.5. The minimum Gasteiger partial charge on any atom is -0.495 e. The van der Waals surface area contributed by atoms with Crippen LogP contribution in [-0.2, 0) is 12.8 Å². The van der Waals surface area contributed by atoms with Crippen LogP contribution in [0.2, 0.25) is 0 Å². The molecule has 2 aliphatic rings. The largest absolute Gasteiger partial charge is 0.495 e. The standard InChI is InChI=1S/C24H32N2O2/c1-27-24-10-3-2-9-23(24)26-16-14-25(15-17-26)13-4-5-18-28-22-12-11-20-7-6-8-21(20)19-22/h2-3,9-12,19H,4-8,13-18H2,1H3. The SMILES string of the molecule is COc1ccccc1N1CCN(CCCCOc2ccc3c(c2)CCC3)CC1. The van der Waals surface area contributed by atoms with Gasteiger partial charge in [-0.3, -0.25) is 4.90 Å². The maximum absolute atomic E-state index is 5.98. The highest BCUT2D eigenvalue weighted by atomic mass is 16.5. The van der Waals surface area contributed by atoms with Crippen LogP contribution in [0.1, 0.15) is 30.4 Å². The number of hydrogen-bond donors (Lipinski definition) is 0. The maximum Gasteiger partial charge on any atom is 0.142 e. The second kappa shape index (κ2) is 9.33. The Balaban J connectivity index is 1.14. The second-order valence-electron chi connectivity index (χ2n) is 7.84. The average Bonchev–Trinajstić information content (AvgIpc) is 3.22. The van der Waals surface area contributed by atoms with Gasteiger partial charge in [-0.2, -0.15) is 0 Å². The van der Waals surface area contributed by atoms with E-state index in [1.54, 1.807) is 7.11 Å². The molecule has 0 radical (unpaired) electrons. The molecule has 0 saturated carbocycles. The van der Waals surface area contributed by atoms with Gasteiger partial charge < -0.3 is 14.4 Å². The van der Waals surface area contributed by atoms with Crippen LogP contribution in [0.25, 0.3) is 0 Å². The number of unbranched alkanes of at least 4 members (excludes halogenated alkanes) is 1. The summed E-state index contributed by atoms with van der Waals surface area (Å²) in [5.41, 5.74) is 4.22. The summed E-state index contributed by atoms with van der Waals surface area (Å²) in [6.45, 7) is 6.33. The van der Waals surface area contributed by atoms with Gasteiger partial charge in [0.05, 0.1) is 19.4 Å². The number of anilines is 1. The molecule has 1 aliphatic heterocycles. The van der Waals surface area contributed by atoms with Crippen molar-refractivity contribution in [3.05, 3.63) is 53.6 Å². The molecule has 1 heterocycles. The van der Waals surface area contributed by atoms with E-state index in [4.69, 9.17) is 9.47 Å². The van der Waals surface area contributed by atoms with E-state index >= 15 is 0 Å². The molecule has 2 aromatic rings. The number of nitrogens with zero attached hydrogens (tertiary/aromatic N) is 2. The maximum atomic E-state index is 5.98. The lowest BCUT2D eigenvalue weighted by Gasteiger charge is -2.36. The van der Waals surface area contributed by atoms with Crippen molar-refractivity contribution in [2.24, 2.45) is 0 Å². The highest BCUT2D eigenvalue weighted by molar-refractivity contribution is 5.58. The average molecular weight is 381 g/mol. The van der Waals surface area contributed by atoms with Gasteiger partial charge in [0, 0.05) is 26.2 Å². The lowest BCUT2D eigenvalue weighted by atomic mass is 10.1. The van der Waals surface area contributed by atoms with Crippen LogP contribution in [0.3, 0.4) is 0 Å². The molecule has 0 aromatic heterocycles. The van der Waals surface area contributed by atoms with Crippen molar-refractivity contribution in [2.75, 3.05) is 51.3 Å². The van der Waals surface area contributed by atoms with Gasteiger partial charge in [-0.25, -0.2) is 0 Å². The van der Waals surface area contributed by atoms with Crippen LogP contribution < -0.4 is 14.4 Å². The Hall–Kier alpha value is -2.20. The normalized spacial score (nSPS) is 16.8. The topological polar surface area (TPSA) is 24.9 Å². The van der Waals surface area contributed by atoms with Crippen molar-refractivity contribution < 1.29 is 9.47 Å². The Labute approximate surface area is 169 Å². The fourth-order valence-corrected chi connectivity index (χ4v) is 4.37. The molecule has 0 amide bonds. The van der Waals surface area contributed by atoms with Crippen molar-refractivity contribution in [3.8, 4) is 11.5 Å². The predicted molar refractivity (Wildman–Crippen MR) is 115 cm³/mol. The number of fused-ring (bicyclic) bond motifs is 1. The number of methoxy groups -OCH3 is 1. The molecule has 4 rings (SSSR count). The van der Waals surface area contributed by atoms with Crippen LogP contribution in [0.5, 0.6) is 11.5 Å². The van der Waals surface area contributed by atoms with Crippen LogP contribution in [0, 0.1) is 0 Å². The minimum absolute atomic E-state index is 0.819. The van der Waals surface area contributed by atoms with E-state index in [0.29, 0.717) is 0 Å². The third-order valence-electron chi connectivity index (χ3n) is 6.01. The van der Waals surface area contributed by atoms with Gasteiger partial charge in [0.15, 0.2) is 0 Å². The first-order chi connectivity index (χ1) is 13.8. The van der Waals surface area contributed by atoms with E-state index in [9.17, 15) is 0 Å².